The van der Waals surface area contributed by atoms with E-state index in [2.05, 4.69) is 0 Å². The van der Waals surface area contributed by atoms with Gasteiger partial charge in [-0.15, -0.1) is 0 Å². The summed E-state index contributed by atoms with van der Waals surface area (Å²) in [5.41, 5.74) is -0.983. The maximum absolute atomic E-state index is 12.6. The van der Waals surface area contributed by atoms with Crippen molar-refractivity contribution in [2.45, 2.75) is 51.1 Å². The molecule has 2 unspecified atom stereocenters. The highest BCUT2D eigenvalue weighted by Gasteiger charge is 2.62. The molecule has 0 radical (unpaired) electrons. The van der Waals surface area contributed by atoms with Crippen molar-refractivity contribution in [2.75, 3.05) is 0 Å². The van der Waals surface area contributed by atoms with Crippen molar-refractivity contribution in [1.82, 2.24) is 0 Å². The fourth-order valence-corrected chi connectivity index (χ4v) is 1.94. The van der Waals surface area contributed by atoms with Crippen LogP contribution in [0, 0.1) is 11.3 Å². The number of aliphatic hydroxyl groups is 1. The highest BCUT2D eigenvalue weighted by molar-refractivity contribution is 5.08. The van der Waals surface area contributed by atoms with Gasteiger partial charge in [-0.3, -0.25) is 0 Å². The Hall–Kier alpha value is -0.180. The summed E-state index contributed by atoms with van der Waals surface area (Å²) >= 11 is 0. The van der Waals surface area contributed by atoms with E-state index in [1.54, 1.807) is 6.92 Å². The topological polar surface area (TPSA) is 20.2 Å². The molecule has 1 nitrogen and oxygen atoms in total. The second kappa shape index (κ2) is 2.25. The van der Waals surface area contributed by atoms with Crippen molar-refractivity contribution in [2.24, 2.45) is 11.3 Å². The maximum atomic E-state index is 12.6. The summed E-state index contributed by atoms with van der Waals surface area (Å²) in [6.07, 6.45) is 2.17. The van der Waals surface area contributed by atoms with E-state index in [9.17, 15) is 13.9 Å². The average Bonchev–Trinajstić information content (AvgIpc) is 2.76. The van der Waals surface area contributed by atoms with Crippen LogP contribution in [0.25, 0.3) is 0 Å². The third-order valence-corrected chi connectivity index (χ3v) is 3.90. The quantitative estimate of drug-likeness (QED) is 0.725. The van der Waals surface area contributed by atoms with E-state index in [1.165, 1.54) is 0 Å². The van der Waals surface area contributed by atoms with Crippen LogP contribution in [0.4, 0.5) is 8.78 Å². The lowest BCUT2D eigenvalue weighted by molar-refractivity contribution is -0.0319. The van der Waals surface area contributed by atoms with Gasteiger partial charge in [-0.2, -0.15) is 0 Å². The van der Waals surface area contributed by atoms with Gasteiger partial charge in [0.15, 0.2) is 0 Å². The van der Waals surface area contributed by atoms with E-state index >= 15 is 0 Å². The Morgan fingerprint density at radius 2 is 1.92 bits per heavy atom. The minimum Gasteiger partial charge on any atom is -0.390 e. The normalized spacial score (nSPS) is 38.1. The zero-order chi connectivity index (χ0) is 9.91. The Labute approximate surface area is 77.1 Å². The summed E-state index contributed by atoms with van der Waals surface area (Å²) in [5, 5.41) is 10.0. The third kappa shape index (κ3) is 1.47. The first-order valence-electron chi connectivity index (χ1n) is 4.87. The molecule has 0 aromatic carbocycles. The number of halogens is 2. The van der Waals surface area contributed by atoms with Crippen LogP contribution in [0.15, 0.2) is 0 Å². The first-order chi connectivity index (χ1) is 5.77. The highest BCUT2D eigenvalue weighted by atomic mass is 19.3. The molecular weight excluding hydrogens is 174 g/mol. The Morgan fingerprint density at radius 1 is 1.46 bits per heavy atom. The fourth-order valence-electron chi connectivity index (χ4n) is 1.94. The molecule has 2 aliphatic rings. The largest absolute Gasteiger partial charge is 0.390 e. The van der Waals surface area contributed by atoms with Crippen LogP contribution in [0.2, 0.25) is 0 Å². The molecule has 0 amide bonds. The number of hydrogen-bond acceptors (Lipinski definition) is 1. The lowest BCUT2D eigenvalue weighted by Gasteiger charge is -2.30. The summed E-state index contributed by atoms with van der Waals surface area (Å²) in [5.74, 6) is -3.06. The monoisotopic (exact) mass is 190 g/mol. The average molecular weight is 190 g/mol. The van der Waals surface area contributed by atoms with Gasteiger partial charge in [-0.25, -0.2) is 8.78 Å². The van der Waals surface area contributed by atoms with E-state index in [0.717, 1.165) is 12.8 Å². The standard InChI is InChI=1S/C10H16F2O/c1-8(3-4-8)9(2,13)5-7-6-10(7,11)12/h7,13H,3-6H2,1-2H3. The predicted octanol–water partition coefficient (Wildman–Crippen LogP) is 2.58. The van der Waals surface area contributed by atoms with Crippen LogP contribution >= 0.6 is 0 Å². The predicted molar refractivity (Wildman–Crippen MR) is 45.6 cm³/mol. The number of rotatable bonds is 3. The molecule has 1 N–H and O–H groups in total. The van der Waals surface area contributed by atoms with E-state index in [-0.39, 0.29) is 18.3 Å². The molecule has 0 bridgehead atoms. The van der Waals surface area contributed by atoms with Crippen LogP contribution in [-0.2, 0) is 0 Å². The molecule has 2 atom stereocenters. The molecule has 0 aromatic heterocycles. The van der Waals surface area contributed by atoms with Crippen LogP contribution < -0.4 is 0 Å². The Morgan fingerprint density at radius 3 is 2.23 bits per heavy atom. The van der Waals surface area contributed by atoms with Crippen molar-refractivity contribution in [3.8, 4) is 0 Å². The molecule has 0 spiro atoms. The third-order valence-electron chi connectivity index (χ3n) is 3.90. The lowest BCUT2D eigenvalue weighted by Crippen LogP contribution is -2.35. The molecular formula is C10H16F2O. The summed E-state index contributed by atoms with van der Waals surface area (Å²) in [6, 6.07) is 0. The zero-order valence-corrected chi connectivity index (χ0v) is 8.11. The number of hydrogen-bond donors (Lipinski definition) is 1. The molecule has 0 saturated heterocycles. The van der Waals surface area contributed by atoms with E-state index < -0.39 is 17.4 Å². The van der Waals surface area contributed by atoms with Gasteiger partial charge < -0.3 is 5.11 Å². The molecule has 0 heterocycles. The van der Waals surface area contributed by atoms with Crippen LogP contribution in [0.1, 0.15) is 39.5 Å². The van der Waals surface area contributed by atoms with E-state index in [0.29, 0.717) is 0 Å². The van der Waals surface area contributed by atoms with Crippen molar-refractivity contribution in [3.05, 3.63) is 0 Å². The summed E-state index contributed by atoms with van der Waals surface area (Å²) < 4.78 is 25.2. The van der Waals surface area contributed by atoms with Gasteiger partial charge in [0.2, 0.25) is 0 Å². The molecule has 2 saturated carbocycles. The molecule has 2 aliphatic carbocycles. The zero-order valence-electron chi connectivity index (χ0n) is 8.11. The van der Waals surface area contributed by atoms with E-state index in [4.69, 9.17) is 0 Å². The smallest absolute Gasteiger partial charge is 0.251 e. The second-order valence-electron chi connectivity index (χ2n) is 5.20. The molecule has 13 heavy (non-hydrogen) atoms. The van der Waals surface area contributed by atoms with E-state index in [1.807, 2.05) is 6.92 Å². The van der Waals surface area contributed by atoms with Gasteiger partial charge in [0.25, 0.3) is 5.92 Å². The van der Waals surface area contributed by atoms with Gasteiger partial charge in [-0.1, -0.05) is 6.92 Å². The first-order valence-corrected chi connectivity index (χ1v) is 4.87. The Bertz CT molecular complexity index is 231. The van der Waals surface area contributed by atoms with Gasteiger partial charge in [0.1, 0.15) is 0 Å². The highest BCUT2D eigenvalue weighted by Crippen LogP contribution is 2.60. The molecule has 2 rings (SSSR count). The maximum Gasteiger partial charge on any atom is 0.251 e. The summed E-state index contributed by atoms with van der Waals surface area (Å²) in [6.45, 7) is 3.68. The van der Waals surface area contributed by atoms with Gasteiger partial charge >= 0.3 is 0 Å². The first kappa shape index (κ1) is 9.38. The van der Waals surface area contributed by atoms with Crippen molar-refractivity contribution in [1.29, 1.82) is 0 Å². The van der Waals surface area contributed by atoms with Crippen LogP contribution in [-0.4, -0.2) is 16.6 Å². The number of alkyl halides is 2. The summed E-state index contributed by atoms with van der Waals surface area (Å²) in [4.78, 5) is 0. The molecule has 2 fully saturated rings. The van der Waals surface area contributed by atoms with Gasteiger partial charge in [0.05, 0.1) is 5.60 Å². The molecule has 0 aliphatic heterocycles. The lowest BCUT2D eigenvalue weighted by atomic mass is 9.83. The Kier molecular flexibility index (Phi) is 1.62. The fraction of sp³-hybridized carbons (Fsp3) is 1.00. The molecule has 76 valence electrons. The van der Waals surface area contributed by atoms with Gasteiger partial charge in [-0.05, 0) is 31.6 Å². The minimum atomic E-state index is -2.49. The van der Waals surface area contributed by atoms with Crippen LogP contribution in [0.3, 0.4) is 0 Å². The second-order valence-corrected chi connectivity index (χ2v) is 5.20. The Balaban J connectivity index is 1.94. The van der Waals surface area contributed by atoms with Crippen molar-refractivity contribution >= 4 is 0 Å². The molecule has 3 heteroatoms. The van der Waals surface area contributed by atoms with Crippen molar-refractivity contribution in [3.63, 3.8) is 0 Å². The summed E-state index contributed by atoms with van der Waals surface area (Å²) in [7, 11) is 0. The van der Waals surface area contributed by atoms with Crippen LogP contribution in [0.5, 0.6) is 0 Å². The van der Waals surface area contributed by atoms with Crippen molar-refractivity contribution < 1.29 is 13.9 Å². The molecule has 0 aromatic rings. The minimum absolute atomic E-state index is 0.0285. The SMILES string of the molecule is CC(O)(CC1CC1(F)F)C1(C)CC1. The van der Waals surface area contributed by atoms with Gasteiger partial charge in [0, 0.05) is 12.3 Å².